The van der Waals surface area contributed by atoms with Crippen LogP contribution in [0.3, 0.4) is 0 Å². The number of nitrogen functional groups attached to an aromatic ring is 1. The topological polar surface area (TPSA) is 63.0 Å². The number of pyridine rings is 1. The van der Waals surface area contributed by atoms with Gasteiger partial charge in [0.05, 0.1) is 10.0 Å². The number of benzene rings is 1. The summed E-state index contributed by atoms with van der Waals surface area (Å²) in [5.74, 6) is 6.20. The van der Waals surface area contributed by atoms with Crippen LogP contribution in [0.1, 0.15) is 0 Å². The van der Waals surface area contributed by atoms with Crippen molar-refractivity contribution in [1.82, 2.24) is 4.98 Å². The lowest BCUT2D eigenvalue weighted by molar-refractivity contribution is 1.22. The number of aromatic nitrogens is 1. The van der Waals surface area contributed by atoms with Gasteiger partial charge in [-0.1, -0.05) is 23.2 Å². The monoisotopic (exact) mass is 314 g/mol. The number of hydrogen-bond donors (Lipinski definition) is 3. The fourth-order valence-electron chi connectivity index (χ4n) is 1.47. The number of thioether (sulfide) groups is 1. The Balaban J connectivity index is 2.26. The second kappa shape index (κ2) is 6.34. The number of nitrogens with two attached hydrogens (primary N) is 1. The van der Waals surface area contributed by atoms with E-state index in [1.54, 1.807) is 17.8 Å². The fourth-order valence-corrected chi connectivity index (χ4v) is 2.34. The Labute approximate surface area is 125 Å². The van der Waals surface area contributed by atoms with Crippen molar-refractivity contribution in [2.24, 2.45) is 5.84 Å². The van der Waals surface area contributed by atoms with Crippen LogP contribution in [0.25, 0.3) is 0 Å². The van der Waals surface area contributed by atoms with Crippen molar-refractivity contribution in [2.45, 2.75) is 4.90 Å². The largest absolute Gasteiger partial charge is 0.339 e. The summed E-state index contributed by atoms with van der Waals surface area (Å²) in [6.07, 6.45) is 2.03. The fraction of sp³-hybridized carbons (Fsp3) is 0.0833. The summed E-state index contributed by atoms with van der Waals surface area (Å²) in [7, 11) is 0. The Kier molecular flexibility index (Phi) is 4.76. The molecule has 0 aliphatic carbocycles. The molecule has 0 saturated carbocycles. The lowest BCUT2D eigenvalue weighted by Crippen LogP contribution is -2.10. The van der Waals surface area contributed by atoms with E-state index in [0.717, 1.165) is 5.69 Å². The average molecular weight is 315 g/mol. The van der Waals surface area contributed by atoms with Gasteiger partial charge in [0.1, 0.15) is 0 Å². The van der Waals surface area contributed by atoms with Gasteiger partial charge in [0.15, 0.2) is 11.6 Å². The quantitative estimate of drug-likeness (QED) is 0.450. The zero-order chi connectivity index (χ0) is 13.8. The van der Waals surface area contributed by atoms with E-state index in [0.29, 0.717) is 21.7 Å². The van der Waals surface area contributed by atoms with Gasteiger partial charge in [0, 0.05) is 10.6 Å². The number of anilines is 3. The van der Waals surface area contributed by atoms with Crippen LogP contribution in [0.5, 0.6) is 0 Å². The van der Waals surface area contributed by atoms with E-state index >= 15 is 0 Å². The number of hydrazine groups is 1. The number of rotatable bonds is 4. The number of hydrogen-bond acceptors (Lipinski definition) is 5. The zero-order valence-electron chi connectivity index (χ0n) is 10.1. The predicted molar refractivity (Wildman–Crippen MR) is 83.6 cm³/mol. The molecule has 4 nitrogen and oxygen atoms in total. The van der Waals surface area contributed by atoms with Crippen LogP contribution in [0.4, 0.5) is 17.3 Å². The Morgan fingerprint density at radius 3 is 2.32 bits per heavy atom. The van der Waals surface area contributed by atoms with Crippen LogP contribution < -0.4 is 16.6 Å². The van der Waals surface area contributed by atoms with Crippen molar-refractivity contribution in [3.63, 3.8) is 0 Å². The molecular formula is C12H12Cl2N4S. The van der Waals surface area contributed by atoms with Crippen LogP contribution in [0.15, 0.2) is 35.2 Å². The van der Waals surface area contributed by atoms with Crippen LogP contribution >= 0.6 is 35.0 Å². The molecule has 0 unspecified atom stereocenters. The van der Waals surface area contributed by atoms with Crippen LogP contribution in [0, 0.1) is 0 Å². The predicted octanol–water partition coefficient (Wildman–Crippen LogP) is 4.14. The highest BCUT2D eigenvalue weighted by Crippen LogP contribution is 2.30. The Bertz CT molecular complexity index is 575. The molecule has 1 aromatic carbocycles. The Morgan fingerprint density at radius 1 is 1.11 bits per heavy atom. The zero-order valence-corrected chi connectivity index (χ0v) is 12.4. The summed E-state index contributed by atoms with van der Waals surface area (Å²) in [6, 6.07) is 9.52. The third kappa shape index (κ3) is 3.45. The minimum absolute atomic E-state index is 0.370. The lowest BCUT2D eigenvalue weighted by atomic mass is 10.3. The highest BCUT2D eigenvalue weighted by molar-refractivity contribution is 7.98. The van der Waals surface area contributed by atoms with Crippen LogP contribution in [-0.4, -0.2) is 11.2 Å². The van der Waals surface area contributed by atoms with Gasteiger partial charge in [-0.15, -0.1) is 11.8 Å². The molecule has 0 radical (unpaired) electrons. The average Bonchev–Trinajstić information content (AvgIpc) is 2.42. The SMILES string of the molecule is CSc1ccc(Nc2nc(NN)c(Cl)cc2Cl)cc1. The number of nitrogens with zero attached hydrogens (tertiary/aromatic N) is 1. The minimum Gasteiger partial charge on any atom is -0.339 e. The summed E-state index contributed by atoms with van der Waals surface area (Å²) in [4.78, 5) is 5.40. The maximum absolute atomic E-state index is 6.08. The van der Waals surface area contributed by atoms with E-state index in [9.17, 15) is 0 Å². The highest BCUT2D eigenvalue weighted by Gasteiger charge is 2.08. The van der Waals surface area contributed by atoms with Gasteiger partial charge < -0.3 is 10.7 Å². The molecule has 2 rings (SSSR count). The maximum Gasteiger partial charge on any atom is 0.161 e. The first kappa shape index (κ1) is 14.3. The third-order valence-corrected chi connectivity index (χ3v) is 3.74. The molecule has 0 aliphatic heterocycles. The normalized spacial score (nSPS) is 10.3. The van der Waals surface area contributed by atoms with Crippen molar-refractivity contribution in [2.75, 3.05) is 17.0 Å². The summed E-state index contributed by atoms with van der Waals surface area (Å²) in [6.45, 7) is 0. The number of halogens is 2. The first-order valence-electron chi connectivity index (χ1n) is 5.37. The van der Waals surface area contributed by atoms with Crippen LogP contribution in [-0.2, 0) is 0 Å². The van der Waals surface area contributed by atoms with Gasteiger partial charge in [-0.3, -0.25) is 0 Å². The molecule has 0 aliphatic rings. The van der Waals surface area contributed by atoms with Crippen molar-refractivity contribution >= 4 is 52.3 Å². The van der Waals surface area contributed by atoms with Crippen LogP contribution in [0.2, 0.25) is 10.0 Å². The van der Waals surface area contributed by atoms with E-state index in [2.05, 4.69) is 15.7 Å². The van der Waals surface area contributed by atoms with E-state index in [1.807, 2.05) is 30.5 Å². The van der Waals surface area contributed by atoms with E-state index in [1.165, 1.54) is 4.90 Å². The van der Waals surface area contributed by atoms with Gasteiger partial charge in [-0.05, 0) is 36.6 Å². The van der Waals surface area contributed by atoms with E-state index in [-0.39, 0.29) is 0 Å². The first-order chi connectivity index (χ1) is 9.13. The highest BCUT2D eigenvalue weighted by atomic mass is 35.5. The summed E-state index contributed by atoms with van der Waals surface area (Å²) < 4.78 is 0. The van der Waals surface area contributed by atoms with Crippen molar-refractivity contribution in [3.05, 3.63) is 40.4 Å². The molecule has 100 valence electrons. The molecule has 19 heavy (non-hydrogen) atoms. The van der Waals surface area contributed by atoms with E-state index < -0.39 is 0 Å². The standard InChI is InChI=1S/C12H12Cl2N4S/c1-19-8-4-2-7(3-5-8)16-11-9(13)6-10(14)12(17-11)18-15/h2-6H,15H2,1H3,(H2,16,17,18). The molecule has 0 bridgehead atoms. The Morgan fingerprint density at radius 2 is 1.74 bits per heavy atom. The molecular weight excluding hydrogens is 303 g/mol. The molecule has 4 N–H and O–H groups in total. The van der Waals surface area contributed by atoms with Gasteiger partial charge in [0.2, 0.25) is 0 Å². The van der Waals surface area contributed by atoms with Gasteiger partial charge in [-0.25, -0.2) is 10.8 Å². The lowest BCUT2D eigenvalue weighted by Gasteiger charge is -2.11. The van der Waals surface area contributed by atoms with Crippen molar-refractivity contribution < 1.29 is 0 Å². The second-order valence-corrected chi connectivity index (χ2v) is 5.34. The molecule has 0 fully saturated rings. The first-order valence-corrected chi connectivity index (χ1v) is 7.36. The molecule has 2 aromatic rings. The second-order valence-electron chi connectivity index (χ2n) is 3.65. The molecule has 0 spiro atoms. The summed E-state index contributed by atoms with van der Waals surface area (Å²) in [5, 5.41) is 3.92. The van der Waals surface area contributed by atoms with E-state index in [4.69, 9.17) is 29.0 Å². The third-order valence-electron chi connectivity index (χ3n) is 2.42. The molecule has 0 atom stereocenters. The minimum atomic E-state index is 0.370. The summed E-state index contributed by atoms with van der Waals surface area (Å²) >= 11 is 13.7. The molecule has 0 saturated heterocycles. The Hall–Kier alpha value is -1.14. The smallest absolute Gasteiger partial charge is 0.161 e. The van der Waals surface area contributed by atoms with Gasteiger partial charge in [-0.2, -0.15) is 0 Å². The number of nitrogens with one attached hydrogen (secondary N) is 2. The molecule has 0 amide bonds. The van der Waals surface area contributed by atoms with Gasteiger partial charge >= 0.3 is 0 Å². The van der Waals surface area contributed by atoms with Crippen molar-refractivity contribution in [1.29, 1.82) is 0 Å². The van der Waals surface area contributed by atoms with Crippen molar-refractivity contribution in [3.8, 4) is 0 Å². The molecule has 7 heteroatoms. The molecule has 1 heterocycles. The molecule has 1 aromatic heterocycles. The van der Waals surface area contributed by atoms with Gasteiger partial charge in [0.25, 0.3) is 0 Å². The maximum atomic E-state index is 6.08. The summed E-state index contributed by atoms with van der Waals surface area (Å²) in [5.41, 5.74) is 3.31.